The van der Waals surface area contributed by atoms with Gasteiger partial charge in [-0.05, 0) is 30.4 Å². The lowest BCUT2D eigenvalue weighted by molar-refractivity contribution is 0.494. The smallest absolute Gasteiger partial charge is 0.0456 e. The Kier molecular flexibility index (Phi) is 1.71. The number of hydrogen-bond acceptors (Lipinski definition) is 2. The van der Waals surface area contributed by atoms with Crippen LogP contribution in [-0.2, 0) is 0 Å². The molecular weight excluding hydrogens is 172 g/mol. The Labute approximate surface area is 83.8 Å². The number of hydrogen-bond donors (Lipinski definition) is 1. The molecule has 2 bridgehead atoms. The molecule has 0 radical (unpaired) electrons. The highest BCUT2D eigenvalue weighted by atomic mass is 14.8. The Morgan fingerprint density at radius 3 is 2.71 bits per heavy atom. The summed E-state index contributed by atoms with van der Waals surface area (Å²) in [6.07, 6.45) is 7.67. The summed E-state index contributed by atoms with van der Waals surface area (Å²) in [5, 5.41) is 0. The first-order chi connectivity index (χ1) is 6.86. The average Bonchev–Trinajstić information content (AvgIpc) is 2.79. The molecule has 2 N–H and O–H groups in total. The Hall–Kier alpha value is -1.15. The van der Waals surface area contributed by atoms with E-state index in [0.29, 0.717) is 17.8 Å². The zero-order valence-electron chi connectivity index (χ0n) is 8.01. The highest BCUT2D eigenvalue weighted by molar-refractivity contribution is 5.26. The zero-order chi connectivity index (χ0) is 9.54. The summed E-state index contributed by atoms with van der Waals surface area (Å²) in [6, 6.07) is 6.38. The molecular formula is C12H14N2. The van der Waals surface area contributed by atoms with Crippen LogP contribution >= 0.6 is 0 Å². The van der Waals surface area contributed by atoms with Crippen LogP contribution in [0.15, 0.2) is 36.5 Å². The number of aromatic nitrogens is 1. The summed E-state index contributed by atoms with van der Waals surface area (Å²) in [6.45, 7) is 0. The van der Waals surface area contributed by atoms with E-state index in [2.05, 4.69) is 23.2 Å². The Balaban J connectivity index is 1.97. The average molecular weight is 186 g/mol. The molecule has 72 valence electrons. The van der Waals surface area contributed by atoms with E-state index in [1.165, 1.54) is 6.42 Å². The van der Waals surface area contributed by atoms with Crippen LogP contribution in [0, 0.1) is 11.8 Å². The van der Waals surface area contributed by atoms with Gasteiger partial charge in [-0.3, -0.25) is 4.98 Å². The van der Waals surface area contributed by atoms with Gasteiger partial charge in [0.05, 0.1) is 0 Å². The maximum absolute atomic E-state index is 6.20. The third kappa shape index (κ3) is 1.04. The molecule has 0 saturated heterocycles. The van der Waals surface area contributed by atoms with Crippen molar-refractivity contribution in [2.24, 2.45) is 17.6 Å². The van der Waals surface area contributed by atoms with Gasteiger partial charge in [-0.25, -0.2) is 0 Å². The van der Waals surface area contributed by atoms with Crippen LogP contribution in [0.2, 0.25) is 0 Å². The van der Waals surface area contributed by atoms with Gasteiger partial charge in [-0.1, -0.05) is 18.2 Å². The minimum absolute atomic E-state index is 0.278. The largest absolute Gasteiger partial charge is 0.327 e. The monoisotopic (exact) mass is 186 g/mol. The van der Waals surface area contributed by atoms with E-state index in [1.54, 1.807) is 0 Å². The van der Waals surface area contributed by atoms with Crippen molar-refractivity contribution in [3.05, 3.63) is 42.2 Å². The summed E-state index contributed by atoms with van der Waals surface area (Å²) in [7, 11) is 0. The second kappa shape index (κ2) is 2.92. The number of rotatable bonds is 1. The van der Waals surface area contributed by atoms with Gasteiger partial charge in [0.2, 0.25) is 0 Å². The first-order valence-electron chi connectivity index (χ1n) is 5.21. The van der Waals surface area contributed by atoms with Crippen LogP contribution in [0.3, 0.4) is 0 Å². The van der Waals surface area contributed by atoms with Crippen molar-refractivity contribution in [3.63, 3.8) is 0 Å². The molecule has 4 atom stereocenters. The molecule has 2 nitrogen and oxygen atoms in total. The standard InChI is InChI=1S/C12H14N2/c13-12-9-5-4-8(7-9)11(12)10-3-1-2-6-14-10/h1-6,8-9,11-12H,7,13H2. The summed E-state index contributed by atoms with van der Waals surface area (Å²) in [5.74, 6) is 1.67. The van der Waals surface area contributed by atoms with Crippen molar-refractivity contribution in [1.29, 1.82) is 0 Å². The van der Waals surface area contributed by atoms with Gasteiger partial charge >= 0.3 is 0 Å². The molecule has 1 heterocycles. The first kappa shape index (κ1) is 8.18. The topological polar surface area (TPSA) is 38.9 Å². The molecule has 1 saturated carbocycles. The number of nitrogens with zero attached hydrogens (tertiary/aromatic N) is 1. The molecule has 3 rings (SSSR count). The molecule has 1 fully saturated rings. The van der Waals surface area contributed by atoms with Gasteiger partial charge in [-0.2, -0.15) is 0 Å². The molecule has 0 aromatic carbocycles. The molecule has 2 aliphatic carbocycles. The van der Waals surface area contributed by atoms with E-state index >= 15 is 0 Å². The van der Waals surface area contributed by atoms with E-state index in [0.717, 1.165) is 5.69 Å². The third-order valence-electron chi connectivity index (χ3n) is 3.55. The van der Waals surface area contributed by atoms with Gasteiger partial charge in [0, 0.05) is 23.9 Å². The lowest BCUT2D eigenvalue weighted by Gasteiger charge is -2.23. The minimum Gasteiger partial charge on any atom is -0.327 e. The summed E-state index contributed by atoms with van der Waals surface area (Å²) >= 11 is 0. The highest BCUT2D eigenvalue weighted by Crippen LogP contribution is 2.47. The van der Waals surface area contributed by atoms with Gasteiger partial charge in [0.25, 0.3) is 0 Å². The van der Waals surface area contributed by atoms with Crippen LogP contribution in [0.5, 0.6) is 0 Å². The molecule has 14 heavy (non-hydrogen) atoms. The molecule has 4 unspecified atom stereocenters. The van der Waals surface area contributed by atoms with E-state index in [-0.39, 0.29) is 6.04 Å². The summed E-state index contributed by atoms with van der Waals surface area (Å²) in [5.41, 5.74) is 7.37. The van der Waals surface area contributed by atoms with Crippen molar-refractivity contribution in [2.45, 2.75) is 18.4 Å². The number of nitrogens with two attached hydrogens (primary N) is 1. The second-order valence-corrected chi connectivity index (χ2v) is 4.31. The van der Waals surface area contributed by atoms with Crippen molar-refractivity contribution in [1.82, 2.24) is 4.98 Å². The molecule has 0 aliphatic heterocycles. The predicted molar refractivity (Wildman–Crippen MR) is 55.7 cm³/mol. The molecule has 1 aromatic rings. The molecule has 0 spiro atoms. The zero-order valence-corrected chi connectivity index (χ0v) is 8.01. The van der Waals surface area contributed by atoms with Gasteiger partial charge in [0.1, 0.15) is 0 Å². The lowest BCUT2D eigenvalue weighted by atomic mass is 9.86. The van der Waals surface area contributed by atoms with E-state index in [9.17, 15) is 0 Å². The normalized spacial score (nSPS) is 39.2. The van der Waals surface area contributed by atoms with E-state index in [1.807, 2.05) is 18.3 Å². The second-order valence-electron chi connectivity index (χ2n) is 4.31. The van der Waals surface area contributed by atoms with Gasteiger partial charge < -0.3 is 5.73 Å². The van der Waals surface area contributed by atoms with Crippen LogP contribution in [0.4, 0.5) is 0 Å². The van der Waals surface area contributed by atoms with Crippen LogP contribution in [-0.4, -0.2) is 11.0 Å². The van der Waals surface area contributed by atoms with E-state index in [4.69, 9.17) is 5.73 Å². The SMILES string of the molecule is NC1C2C=CC(C2)C1c1ccccn1. The van der Waals surface area contributed by atoms with Crippen molar-refractivity contribution in [2.75, 3.05) is 0 Å². The highest BCUT2D eigenvalue weighted by Gasteiger charge is 2.43. The van der Waals surface area contributed by atoms with Crippen LogP contribution in [0.1, 0.15) is 18.0 Å². The molecule has 2 aliphatic rings. The molecule has 0 amide bonds. The van der Waals surface area contributed by atoms with Crippen LogP contribution in [0.25, 0.3) is 0 Å². The fourth-order valence-corrected chi connectivity index (χ4v) is 2.85. The minimum atomic E-state index is 0.278. The fourth-order valence-electron chi connectivity index (χ4n) is 2.85. The van der Waals surface area contributed by atoms with Crippen LogP contribution < -0.4 is 5.73 Å². The van der Waals surface area contributed by atoms with Crippen molar-refractivity contribution < 1.29 is 0 Å². The third-order valence-corrected chi connectivity index (χ3v) is 3.55. The Bertz CT molecular complexity index is 358. The quantitative estimate of drug-likeness (QED) is 0.678. The molecule has 2 heteroatoms. The predicted octanol–water partition coefficient (Wildman–Crippen LogP) is 1.70. The lowest BCUT2D eigenvalue weighted by Crippen LogP contribution is -2.32. The maximum atomic E-state index is 6.20. The number of pyridine rings is 1. The van der Waals surface area contributed by atoms with Crippen molar-refractivity contribution in [3.8, 4) is 0 Å². The first-order valence-corrected chi connectivity index (χ1v) is 5.21. The number of fused-ring (bicyclic) bond motifs is 2. The fraction of sp³-hybridized carbons (Fsp3) is 0.417. The molecule has 1 aromatic heterocycles. The van der Waals surface area contributed by atoms with E-state index < -0.39 is 0 Å². The van der Waals surface area contributed by atoms with Crippen molar-refractivity contribution >= 4 is 0 Å². The summed E-state index contributed by atoms with van der Waals surface area (Å²) < 4.78 is 0. The van der Waals surface area contributed by atoms with Gasteiger partial charge in [-0.15, -0.1) is 0 Å². The Morgan fingerprint density at radius 2 is 2.07 bits per heavy atom. The Morgan fingerprint density at radius 1 is 1.21 bits per heavy atom. The maximum Gasteiger partial charge on any atom is 0.0456 e. The number of allylic oxidation sites excluding steroid dienone is 1. The summed E-state index contributed by atoms with van der Waals surface area (Å²) in [4.78, 5) is 4.42. The van der Waals surface area contributed by atoms with Gasteiger partial charge in [0.15, 0.2) is 0 Å².